The Morgan fingerprint density at radius 2 is 0.711 bits per heavy atom. The van der Waals surface area contributed by atoms with Gasteiger partial charge in [-0.25, -0.2) is 0 Å². The third kappa shape index (κ3) is 69.0. The number of hydrogen-bond acceptors (Lipinski definition) is 7. The monoisotopic (exact) mass is 1280 g/mol. The lowest BCUT2D eigenvalue weighted by Crippen LogP contribution is -2.47. The topological polar surface area (TPSA) is 114 Å². The number of allylic oxidation sites excluding steroid dienone is 17. The van der Waals surface area contributed by atoms with Crippen molar-refractivity contribution in [2.75, 3.05) is 40.9 Å². The Bertz CT molecular complexity index is 1910. The van der Waals surface area contributed by atoms with Gasteiger partial charge in [-0.05, 0) is 115 Å². The van der Waals surface area contributed by atoms with Gasteiger partial charge in [-0.2, -0.15) is 0 Å². The number of amides is 1. The average Bonchev–Trinajstić information content (AvgIpc) is 3.11. The number of phosphoric ester groups is 1. The molecule has 0 aliphatic heterocycles. The van der Waals surface area contributed by atoms with E-state index in [-0.39, 0.29) is 24.9 Å². The number of rotatable bonds is 68. The number of unbranched alkanes of at least 4 members (excludes halogenated alkanes) is 36. The van der Waals surface area contributed by atoms with Gasteiger partial charge in [0.15, 0.2) is 0 Å². The van der Waals surface area contributed by atoms with Gasteiger partial charge in [0, 0.05) is 12.8 Å². The van der Waals surface area contributed by atoms with Crippen LogP contribution in [0.4, 0.5) is 0 Å². The molecule has 0 aromatic carbocycles. The second-order valence-corrected chi connectivity index (χ2v) is 27.8. The number of quaternary nitrogens is 1. The summed E-state index contributed by atoms with van der Waals surface area (Å²) in [5, 5.41) is 3.05. The van der Waals surface area contributed by atoms with Gasteiger partial charge >= 0.3 is 5.97 Å². The minimum Gasteiger partial charge on any atom is -0.756 e. The van der Waals surface area contributed by atoms with Gasteiger partial charge < -0.3 is 28.5 Å². The third-order valence-corrected chi connectivity index (χ3v) is 17.4. The van der Waals surface area contributed by atoms with Crippen LogP contribution in [0.2, 0.25) is 0 Å². The molecule has 3 unspecified atom stereocenters. The first-order valence-corrected chi connectivity index (χ1v) is 39.2. The molecule has 0 aliphatic rings. The normalized spacial score (nSPS) is 14.1. The molecule has 1 N–H and O–H groups in total. The van der Waals surface area contributed by atoms with Gasteiger partial charge in [-0.3, -0.25) is 14.2 Å². The minimum atomic E-state index is -4.71. The first-order chi connectivity index (χ1) is 43.9. The van der Waals surface area contributed by atoms with Crippen LogP contribution >= 0.6 is 7.82 Å². The van der Waals surface area contributed by atoms with Crippen molar-refractivity contribution in [1.82, 2.24) is 5.32 Å². The smallest absolute Gasteiger partial charge is 0.306 e. The predicted octanol–water partition coefficient (Wildman–Crippen LogP) is 23.8. The van der Waals surface area contributed by atoms with Crippen molar-refractivity contribution < 1.29 is 37.3 Å². The van der Waals surface area contributed by atoms with E-state index in [1.807, 2.05) is 33.3 Å². The molecule has 9 nitrogen and oxygen atoms in total. The van der Waals surface area contributed by atoms with Crippen LogP contribution in [-0.4, -0.2) is 69.4 Å². The van der Waals surface area contributed by atoms with Crippen LogP contribution in [0.25, 0.3) is 0 Å². The molecule has 0 saturated heterocycles. The van der Waals surface area contributed by atoms with Crippen molar-refractivity contribution in [2.24, 2.45) is 0 Å². The molecule has 90 heavy (non-hydrogen) atoms. The van der Waals surface area contributed by atoms with E-state index in [0.717, 1.165) is 116 Å². The largest absolute Gasteiger partial charge is 0.756 e. The molecule has 520 valence electrons. The SMILES string of the molecule is CC/C=C\C/C=C\C/C=C\C/C=C\C/C=C\CCCCCCCCCCCC(=O)OC(/C=C/CCCCCCCCCCCC)C(COP(=O)([O-])OCC[N+](C)(C)C)NC(=O)CCCCCCCCCCCCCCCC/C=C\C/C=C\C/C=C\CCCCC. The number of carbonyl (C=O) groups excluding carboxylic acids is 2. The second kappa shape index (κ2) is 68.5. The molecular formula is C80H143N2O7P. The fraction of sp³-hybridized carbons (Fsp3) is 0.750. The van der Waals surface area contributed by atoms with Crippen LogP contribution in [0, 0.1) is 0 Å². The summed E-state index contributed by atoms with van der Waals surface area (Å²) in [6.45, 7) is 6.72. The fourth-order valence-corrected chi connectivity index (χ4v) is 11.4. The molecule has 0 rings (SSSR count). The van der Waals surface area contributed by atoms with Gasteiger partial charge in [0.1, 0.15) is 19.3 Å². The Balaban J connectivity index is 5.01. The molecule has 0 aromatic rings. The quantitative estimate of drug-likeness (QED) is 0.0212. The number of phosphoric acid groups is 1. The molecule has 0 bridgehead atoms. The summed E-state index contributed by atoms with van der Waals surface area (Å²) >= 11 is 0. The molecule has 0 fully saturated rings. The van der Waals surface area contributed by atoms with Gasteiger partial charge in [0.25, 0.3) is 7.82 Å². The molecule has 3 atom stereocenters. The maximum absolute atomic E-state index is 13.6. The summed E-state index contributed by atoms with van der Waals surface area (Å²) in [4.78, 5) is 40.3. The lowest BCUT2D eigenvalue weighted by Gasteiger charge is -2.30. The van der Waals surface area contributed by atoms with Gasteiger partial charge in [-0.1, -0.05) is 317 Å². The number of likely N-dealkylation sites (N-methyl/N-ethyl adjacent to an activating group) is 1. The van der Waals surface area contributed by atoms with Crippen molar-refractivity contribution in [3.8, 4) is 0 Å². The number of nitrogens with zero attached hydrogens (tertiary/aromatic N) is 1. The highest BCUT2D eigenvalue weighted by Gasteiger charge is 2.27. The Morgan fingerprint density at radius 3 is 1.09 bits per heavy atom. The van der Waals surface area contributed by atoms with E-state index in [9.17, 15) is 19.0 Å². The summed E-state index contributed by atoms with van der Waals surface area (Å²) in [5.41, 5.74) is 0. The first kappa shape index (κ1) is 86.7. The summed E-state index contributed by atoms with van der Waals surface area (Å²) in [6, 6.07) is -0.898. The number of nitrogens with one attached hydrogen (secondary N) is 1. The van der Waals surface area contributed by atoms with Crippen LogP contribution in [0.1, 0.15) is 335 Å². The molecular weight excluding hydrogens is 1130 g/mol. The summed E-state index contributed by atoms with van der Waals surface area (Å²) in [6.07, 6.45) is 95.0. The van der Waals surface area contributed by atoms with Crippen LogP contribution in [0.5, 0.6) is 0 Å². The van der Waals surface area contributed by atoms with Crippen LogP contribution in [0.3, 0.4) is 0 Å². The summed E-state index contributed by atoms with van der Waals surface area (Å²) in [7, 11) is 1.18. The first-order valence-electron chi connectivity index (χ1n) is 37.7. The molecule has 0 spiro atoms. The van der Waals surface area contributed by atoms with Crippen molar-refractivity contribution in [2.45, 2.75) is 348 Å². The van der Waals surface area contributed by atoms with Crippen LogP contribution < -0.4 is 10.2 Å². The van der Waals surface area contributed by atoms with E-state index in [1.165, 1.54) is 186 Å². The van der Waals surface area contributed by atoms with Gasteiger partial charge in [0.2, 0.25) is 5.91 Å². The number of hydrogen-bond donors (Lipinski definition) is 1. The lowest BCUT2D eigenvalue weighted by atomic mass is 10.0. The van der Waals surface area contributed by atoms with Crippen molar-refractivity contribution in [1.29, 1.82) is 0 Å². The third-order valence-electron chi connectivity index (χ3n) is 16.4. The Labute approximate surface area is 557 Å². The maximum atomic E-state index is 13.6. The molecule has 0 aromatic heterocycles. The Hall–Kier alpha value is -3.33. The van der Waals surface area contributed by atoms with Gasteiger partial charge in [0.05, 0.1) is 33.8 Å². The predicted molar refractivity (Wildman–Crippen MR) is 390 cm³/mol. The zero-order valence-electron chi connectivity index (χ0n) is 59.6. The maximum Gasteiger partial charge on any atom is 0.306 e. The molecule has 10 heteroatoms. The van der Waals surface area contributed by atoms with E-state index < -0.39 is 26.6 Å². The minimum absolute atomic E-state index is 0.0271. The zero-order chi connectivity index (χ0) is 65.6. The van der Waals surface area contributed by atoms with E-state index in [4.69, 9.17) is 13.8 Å². The number of carbonyl (C=O) groups is 2. The summed E-state index contributed by atoms with van der Waals surface area (Å²) < 4.78 is 30.5. The van der Waals surface area contributed by atoms with E-state index in [1.54, 1.807) is 0 Å². The van der Waals surface area contributed by atoms with Gasteiger partial charge in [-0.15, -0.1) is 0 Å². The molecule has 0 saturated carbocycles. The van der Waals surface area contributed by atoms with E-state index >= 15 is 0 Å². The van der Waals surface area contributed by atoms with Crippen molar-refractivity contribution in [3.63, 3.8) is 0 Å². The highest BCUT2D eigenvalue weighted by atomic mass is 31.2. The van der Waals surface area contributed by atoms with Crippen molar-refractivity contribution in [3.05, 3.63) is 109 Å². The molecule has 0 heterocycles. The molecule has 0 aliphatic carbocycles. The lowest BCUT2D eigenvalue weighted by molar-refractivity contribution is -0.870. The van der Waals surface area contributed by atoms with E-state index in [0.29, 0.717) is 17.4 Å². The highest BCUT2D eigenvalue weighted by molar-refractivity contribution is 7.45. The highest BCUT2D eigenvalue weighted by Crippen LogP contribution is 2.38. The average molecular weight is 1280 g/mol. The van der Waals surface area contributed by atoms with Crippen molar-refractivity contribution >= 4 is 19.7 Å². The van der Waals surface area contributed by atoms with E-state index in [2.05, 4.69) is 123 Å². The van der Waals surface area contributed by atoms with Crippen LogP contribution in [-0.2, 0) is 27.9 Å². The molecule has 0 radical (unpaired) electrons. The standard InChI is InChI=1S/C80H143N2O7P/c1-7-10-13-16-19-22-25-28-30-32-34-36-38-40-41-43-44-46-48-50-52-54-57-60-63-66-69-72-79(83)81-77(76-88-90(85,86)87-75-74-82(4,5)6)78(71-68-65-62-59-56-27-24-21-18-15-12-9-3)89-80(84)73-70-67-64-61-58-55-53-51-49-47-45-42-39-37-35-33-31-29-26-23-20-17-14-11-8-2/h11,14,19-20,22-23,28-31,34-37,42,45,68,71,77-78H,7-10,12-13,15-18,21,24-27,32-33,38-41,43-44,46-67,69-70,72-76H2,1-6H3,(H-,81,83,85,86)/b14-11-,22-19-,23-20-,30-28-,31-29-,36-34-,37-35-,45-42-,71-68+. The van der Waals surface area contributed by atoms with Crippen LogP contribution in [0.15, 0.2) is 109 Å². The summed E-state index contributed by atoms with van der Waals surface area (Å²) in [5.74, 6) is -0.544. The number of ether oxygens (including phenoxy) is 1. The molecule has 1 amide bonds. The number of esters is 1. The second-order valence-electron chi connectivity index (χ2n) is 26.4. The Kier molecular flexibility index (Phi) is 66.0. The fourth-order valence-electron chi connectivity index (χ4n) is 10.7. The Morgan fingerprint density at radius 1 is 0.400 bits per heavy atom. The zero-order valence-corrected chi connectivity index (χ0v) is 60.5.